The molecule has 0 aromatic heterocycles. The third-order valence-corrected chi connectivity index (χ3v) is 7.06. The highest BCUT2D eigenvalue weighted by Gasteiger charge is 2.68. The molecule has 162 valence electrons. The first-order valence-corrected chi connectivity index (χ1v) is 10.5. The number of amides is 2. The summed E-state index contributed by atoms with van der Waals surface area (Å²) >= 11 is 6.37. The van der Waals surface area contributed by atoms with Crippen LogP contribution in [0.15, 0.2) is 36.4 Å². The summed E-state index contributed by atoms with van der Waals surface area (Å²) in [5.41, 5.74) is 0.606. The van der Waals surface area contributed by atoms with Gasteiger partial charge in [-0.3, -0.25) is 14.1 Å². The minimum Gasteiger partial charge on any atom is -0.454 e. The Balaban J connectivity index is 1.83. The van der Waals surface area contributed by atoms with Crippen molar-refractivity contribution in [2.24, 2.45) is 0 Å². The van der Waals surface area contributed by atoms with Crippen LogP contribution in [0.5, 0.6) is 11.5 Å². The first-order valence-electron chi connectivity index (χ1n) is 10.1. The lowest BCUT2D eigenvalue weighted by Crippen LogP contribution is -2.68. The smallest absolute Gasteiger partial charge is 0.295 e. The van der Waals surface area contributed by atoms with E-state index in [1.54, 1.807) is 37.4 Å². The van der Waals surface area contributed by atoms with Gasteiger partial charge < -0.3 is 25.2 Å². The van der Waals surface area contributed by atoms with E-state index in [1.165, 1.54) is 0 Å². The van der Waals surface area contributed by atoms with E-state index >= 15 is 0 Å². The van der Waals surface area contributed by atoms with Gasteiger partial charge in [0.2, 0.25) is 12.3 Å². The number of ether oxygens (including phenoxy) is 2. The van der Waals surface area contributed by atoms with Gasteiger partial charge in [0, 0.05) is 24.1 Å². The van der Waals surface area contributed by atoms with Gasteiger partial charge in [0.25, 0.3) is 11.8 Å². The molecule has 2 aromatic rings. The highest BCUT2D eigenvalue weighted by molar-refractivity contribution is 6.31. The highest BCUT2D eigenvalue weighted by atomic mass is 35.5. The van der Waals surface area contributed by atoms with Crippen molar-refractivity contribution in [3.63, 3.8) is 0 Å². The van der Waals surface area contributed by atoms with Crippen LogP contribution >= 0.6 is 11.6 Å². The van der Waals surface area contributed by atoms with Crippen molar-refractivity contribution in [3.05, 3.63) is 52.5 Å². The molecule has 1 saturated heterocycles. The number of fused-ring (bicyclic) bond motifs is 2. The van der Waals surface area contributed by atoms with Gasteiger partial charge in [-0.05, 0) is 36.4 Å². The fourth-order valence-electron chi connectivity index (χ4n) is 5.50. The Morgan fingerprint density at radius 3 is 2.81 bits per heavy atom. The third-order valence-electron chi connectivity index (χ3n) is 6.83. The Morgan fingerprint density at radius 1 is 1.26 bits per heavy atom. The van der Waals surface area contributed by atoms with Gasteiger partial charge in [-0.2, -0.15) is 0 Å². The molecule has 3 N–H and O–H groups in total. The molecule has 3 aliphatic rings. The summed E-state index contributed by atoms with van der Waals surface area (Å²) in [5.74, 6) is 0.607. The van der Waals surface area contributed by atoms with Gasteiger partial charge >= 0.3 is 0 Å². The Kier molecular flexibility index (Phi) is 4.44. The largest absolute Gasteiger partial charge is 0.454 e. The van der Waals surface area contributed by atoms with E-state index in [1.807, 2.05) is 13.1 Å². The van der Waals surface area contributed by atoms with Crippen molar-refractivity contribution in [1.29, 1.82) is 0 Å². The van der Waals surface area contributed by atoms with E-state index in [-0.39, 0.29) is 36.1 Å². The van der Waals surface area contributed by atoms with Crippen LogP contribution in [0.2, 0.25) is 5.02 Å². The first-order chi connectivity index (χ1) is 14.8. The molecule has 2 unspecified atom stereocenters. The predicted molar refractivity (Wildman–Crippen MR) is 113 cm³/mol. The van der Waals surface area contributed by atoms with Crippen molar-refractivity contribution in [2.75, 3.05) is 32.7 Å². The number of carbonyl (C=O) groups is 2. The summed E-state index contributed by atoms with van der Waals surface area (Å²) in [6, 6.07) is 9.95. The topological polar surface area (TPSA) is 96.9 Å². The number of carbonyl (C=O) groups excluding carboxylic acids is 2. The van der Waals surface area contributed by atoms with Crippen molar-refractivity contribution in [2.45, 2.75) is 24.1 Å². The van der Waals surface area contributed by atoms with Crippen LogP contribution in [-0.2, 0) is 15.1 Å². The lowest BCUT2D eigenvalue weighted by atomic mass is 9.79. The molecular weight excluding hydrogens is 422 g/mol. The molecule has 31 heavy (non-hydrogen) atoms. The minimum atomic E-state index is -1.32. The number of aliphatic hydroxyl groups excluding tert-OH is 1. The van der Waals surface area contributed by atoms with Crippen LogP contribution < -0.4 is 20.1 Å². The zero-order valence-corrected chi connectivity index (χ0v) is 17.9. The summed E-state index contributed by atoms with van der Waals surface area (Å²) in [4.78, 5) is 26.8. The molecule has 3 aliphatic heterocycles. The van der Waals surface area contributed by atoms with Crippen molar-refractivity contribution in [1.82, 2.24) is 5.32 Å². The second-order valence-corrected chi connectivity index (χ2v) is 8.83. The lowest BCUT2D eigenvalue weighted by molar-refractivity contribution is -0.953. The number of hydrogen-bond donors (Lipinski definition) is 3. The van der Waals surface area contributed by atoms with Crippen LogP contribution in [0.4, 0.5) is 5.69 Å². The molecule has 4 atom stereocenters. The van der Waals surface area contributed by atoms with Gasteiger partial charge in [-0.25, -0.2) is 0 Å². The number of rotatable bonds is 3. The monoisotopic (exact) mass is 444 g/mol. The van der Waals surface area contributed by atoms with Crippen LogP contribution in [0.25, 0.3) is 0 Å². The van der Waals surface area contributed by atoms with E-state index in [4.69, 9.17) is 21.1 Å². The molecule has 8 nitrogen and oxygen atoms in total. The van der Waals surface area contributed by atoms with E-state index in [9.17, 15) is 14.7 Å². The molecular formula is C22H23ClN3O5+. The number of nitrogens with one attached hydrogen (secondary N) is 2. The van der Waals surface area contributed by atoms with E-state index < -0.39 is 17.7 Å². The Hall–Kier alpha value is -2.81. The van der Waals surface area contributed by atoms with Gasteiger partial charge in [-0.15, -0.1) is 0 Å². The molecule has 0 spiro atoms. The molecule has 0 bridgehead atoms. The number of nitrogens with zero attached hydrogens (tertiary/aromatic N) is 1. The number of aliphatic hydroxyl groups is 1. The maximum absolute atomic E-state index is 13.9. The molecule has 2 amide bonds. The predicted octanol–water partition coefficient (Wildman–Crippen LogP) is 1.59. The van der Waals surface area contributed by atoms with E-state index in [0.717, 1.165) is 0 Å². The Bertz CT molecular complexity index is 1110. The maximum atomic E-state index is 13.9. The fraction of sp³-hybridized carbons (Fsp3) is 0.364. The van der Waals surface area contributed by atoms with Gasteiger partial charge in [-0.1, -0.05) is 11.6 Å². The zero-order chi connectivity index (χ0) is 22.0. The number of likely N-dealkylation sites (tertiary alicyclic amines) is 1. The molecule has 1 fully saturated rings. The number of benzene rings is 2. The lowest BCUT2D eigenvalue weighted by Gasteiger charge is -2.48. The summed E-state index contributed by atoms with van der Waals surface area (Å²) in [6.07, 6.45) is -0.500. The molecule has 0 radical (unpaired) electrons. The van der Waals surface area contributed by atoms with Gasteiger partial charge in [0.05, 0.1) is 18.3 Å². The third kappa shape index (κ3) is 2.62. The minimum absolute atomic E-state index is 0.0351. The summed E-state index contributed by atoms with van der Waals surface area (Å²) < 4.78 is 11.0. The summed E-state index contributed by atoms with van der Waals surface area (Å²) in [7, 11) is 3.40. The summed E-state index contributed by atoms with van der Waals surface area (Å²) in [6.45, 7) is 0.317. The van der Waals surface area contributed by atoms with Gasteiger partial charge in [0.15, 0.2) is 17.5 Å². The Labute approximate surface area is 184 Å². The number of likely N-dealkylation sites (N-methyl/N-ethyl adjacent to an activating group) is 2. The molecule has 5 rings (SSSR count). The maximum Gasteiger partial charge on any atom is 0.295 e. The van der Waals surface area contributed by atoms with Crippen molar-refractivity contribution >= 4 is 29.1 Å². The zero-order valence-electron chi connectivity index (χ0n) is 17.1. The molecule has 0 aliphatic carbocycles. The SMILES string of the molecule is CNC(=O)[C@@H]1C[C@@H](O)C[N+]1(C)C1(c2ccc3c(c2)OCO3)C(=O)Nc2ccc(Cl)cc21. The summed E-state index contributed by atoms with van der Waals surface area (Å²) in [5, 5.41) is 16.8. The number of quaternary nitrogens is 1. The Morgan fingerprint density at radius 2 is 2.03 bits per heavy atom. The van der Waals surface area contributed by atoms with Crippen LogP contribution in [0.3, 0.4) is 0 Å². The molecule has 3 heterocycles. The first kappa shape index (κ1) is 20.1. The average Bonchev–Trinajstić information content (AvgIpc) is 3.41. The molecule has 0 saturated carbocycles. The van der Waals surface area contributed by atoms with E-state index in [0.29, 0.717) is 33.3 Å². The van der Waals surface area contributed by atoms with E-state index in [2.05, 4.69) is 10.6 Å². The van der Waals surface area contributed by atoms with Crippen molar-refractivity contribution in [3.8, 4) is 11.5 Å². The van der Waals surface area contributed by atoms with Crippen LogP contribution in [0, 0.1) is 0 Å². The average molecular weight is 445 g/mol. The van der Waals surface area contributed by atoms with Gasteiger partial charge in [0.1, 0.15) is 12.6 Å². The van der Waals surface area contributed by atoms with Crippen molar-refractivity contribution < 1.29 is 28.7 Å². The number of anilines is 1. The number of halogens is 1. The molecule has 2 aromatic carbocycles. The second kappa shape index (κ2) is 6.85. The second-order valence-electron chi connectivity index (χ2n) is 8.39. The van der Waals surface area contributed by atoms with Crippen LogP contribution in [-0.4, -0.2) is 61.0 Å². The number of hydrogen-bond acceptors (Lipinski definition) is 5. The van der Waals surface area contributed by atoms with Crippen LogP contribution in [0.1, 0.15) is 17.5 Å². The molecule has 9 heteroatoms. The standard InChI is InChI=1S/C22H22ClN3O5/c1-24-20(28)17-9-14(27)10-26(17,2)22(12-3-6-18-19(7-12)31-11-30-18)15-8-13(23)4-5-16(15)25-21(22)29/h3-8,14,17,27H,9-11H2,1-2H3,(H-,24,25,28,29)/p+1/t14-,17+,22?,26?/m1/s1. The fourth-order valence-corrected chi connectivity index (χ4v) is 5.68. The quantitative estimate of drug-likeness (QED) is 0.625. The highest BCUT2D eigenvalue weighted by Crippen LogP contribution is 2.54. The normalized spacial score (nSPS) is 30.8.